The fraction of sp³-hybridized carbons (Fsp3) is 0.333. The molecule has 1 saturated heterocycles. The molecule has 0 atom stereocenters. The highest BCUT2D eigenvalue weighted by molar-refractivity contribution is 5.97. The molecule has 1 heterocycles. The Kier molecular flexibility index (Phi) is 4.72. The minimum Gasteiger partial charge on any atom is -0.360 e. The molecular formula is C15H16FN3O. The van der Waals surface area contributed by atoms with E-state index in [-0.39, 0.29) is 17.3 Å². The molecule has 0 spiro atoms. The van der Waals surface area contributed by atoms with Crippen molar-refractivity contribution in [3.05, 3.63) is 41.9 Å². The van der Waals surface area contributed by atoms with Gasteiger partial charge in [0.1, 0.15) is 17.5 Å². The summed E-state index contributed by atoms with van der Waals surface area (Å²) in [6.45, 7) is 1.38. The van der Waals surface area contributed by atoms with Crippen LogP contribution in [-0.2, 0) is 4.79 Å². The van der Waals surface area contributed by atoms with E-state index < -0.39 is 0 Å². The zero-order valence-electron chi connectivity index (χ0n) is 11.1. The molecule has 1 aromatic rings. The van der Waals surface area contributed by atoms with E-state index in [2.05, 4.69) is 5.32 Å². The Morgan fingerprint density at radius 3 is 2.75 bits per heavy atom. The summed E-state index contributed by atoms with van der Waals surface area (Å²) in [6.07, 6.45) is 4.41. The zero-order chi connectivity index (χ0) is 14.4. The van der Waals surface area contributed by atoms with Crippen LogP contribution in [0.25, 0.3) is 0 Å². The summed E-state index contributed by atoms with van der Waals surface area (Å²) in [4.78, 5) is 13.8. The summed E-state index contributed by atoms with van der Waals surface area (Å²) in [7, 11) is 0. The molecule has 1 N–H and O–H groups in total. The van der Waals surface area contributed by atoms with Crippen LogP contribution < -0.4 is 5.32 Å². The number of rotatable bonds is 3. The third-order valence-corrected chi connectivity index (χ3v) is 3.20. The highest BCUT2D eigenvalue weighted by Crippen LogP contribution is 2.13. The monoisotopic (exact) mass is 273 g/mol. The number of nitrogens with zero attached hydrogens (tertiary/aromatic N) is 2. The third kappa shape index (κ3) is 3.58. The second kappa shape index (κ2) is 6.71. The number of nitrogens with one attached hydrogen (secondary N) is 1. The predicted molar refractivity (Wildman–Crippen MR) is 74.1 cm³/mol. The van der Waals surface area contributed by atoms with Crippen LogP contribution in [0.4, 0.5) is 10.1 Å². The van der Waals surface area contributed by atoms with E-state index in [1.165, 1.54) is 18.3 Å². The van der Waals surface area contributed by atoms with Crippen LogP contribution in [0.3, 0.4) is 0 Å². The lowest BCUT2D eigenvalue weighted by atomic mass is 10.1. The number of hydrogen-bond donors (Lipinski definition) is 1. The number of halogens is 1. The molecular weight excluding hydrogens is 257 g/mol. The number of piperidine rings is 1. The van der Waals surface area contributed by atoms with Crippen LogP contribution in [0, 0.1) is 17.1 Å². The molecule has 1 aliphatic heterocycles. The Bertz CT molecular complexity index is 556. The average molecular weight is 273 g/mol. The van der Waals surface area contributed by atoms with E-state index in [1.807, 2.05) is 6.07 Å². The average Bonchev–Trinajstić information content (AvgIpc) is 2.48. The van der Waals surface area contributed by atoms with E-state index in [4.69, 9.17) is 5.26 Å². The van der Waals surface area contributed by atoms with Crippen LogP contribution in [0.15, 0.2) is 36.0 Å². The van der Waals surface area contributed by atoms with Crippen LogP contribution in [0.2, 0.25) is 0 Å². The molecule has 0 saturated carbocycles. The number of likely N-dealkylation sites (tertiary alicyclic amines) is 1. The van der Waals surface area contributed by atoms with Crippen molar-refractivity contribution in [3.8, 4) is 6.07 Å². The molecule has 1 aromatic carbocycles. The number of nitriles is 1. The van der Waals surface area contributed by atoms with Gasteiger partial charge in [0.2, 0.25) is 0 Å². The maximum absolute atomic E-state index is 13.0. The highest BCUT2D eigenvalue weighted by Gasteiger charge is 2.20. The van der Waals surface area contributed by atoms with Crippen molar-refractivity contribution in [2.45, 2.75) is 19.3 Å². The van der Waals surface area contributed by atoms with E-state index in [9.17, 15) is 9.18 Å². The van der Waals surface area contributed by atoms with E-state index >= 15 is 0 Å². The molecule has 1 aliphatic rings. The molecule has 1 fully saturated rings. The van der Waals surface area contributed by atoms with Crippen molar-refractivity contribution in [2.24, 2.45) is 0 Å². The minimum atomic E-state index is -0.371. The number of hydrogen-bond acceptors (Lipinski definition) is 3. The maximum atomic E-state index is 13.0. The molecule has 2 rings (SSSR count). The van der Waals surface area contributed by atoms with E-state index in [0.717, 1.165) is 19.3 Å². The van der Waals surface area contributed by atoms with Gasteiger partial charge in [0.25, 0.3) is 5.91 Å². The largest absolute Gasteiger partial charge is 0.360 e. The fourth-order valence-electron chi connectivity index (χ4n) is 2.14. The molecule has 0 unspecified atom stereocenters. The lowest BCUT2D eigenvalue weighted by Crippen LogP contribution is -2.36. The van der Waals surface area contributed by atoms with Crippen molar-refractivity contribution in [1.29, 1.82) is 5.26 Å². The predicted octanol–water partition coefficient (Wildman–Crippen LogP) is 2.66. The van der Waals surface area contributed by atoms with Crippen molar-refractivity contribution in [3.63, 3.8) is 0 Å². The summed E-state index contributed by atoms with van der Waals surface area (Å²) in [5.41, 5.74) is 0.542. The Hall–Kier alpha value is -2.35. The molecule has 0 aromatic heterocycles. The molecule has 1 amide bonds. The van der Waals surface area contributed by atoms with Crippen molar-refractivity contribution < 1.29 is 9.18 Å². The van der Waals surface area contributed by atoms with Crippen LogP contribution in [0.1, 0.15) is 19.3 Å². The lowest BCUT2D eigenvalue weighted by molar-refractivity contribution is -0.127. The summed E-state index contributed by atoms with van der Waals surface area (Å²) in [6, 6.07) is 7.76. The Balaban J connectivity index is 2.05. The Labute approximate surface area is 117 Å². The van der Waals surface area contributed by atoms with Gasteiger partial charge in [-0.25, -0.2) is 4.39 Å². The van der Waals surface area contributed by atoms with Gasteiger partial charge in [-0.2, -0.15) is 5.26 Å². The molecule has 5 heteroatoms. The first kappa shape index (κ1) is 14.1. The summed E-state index contributed by atoms with van der Waals surface area (Å²) < 4.78 is 13.0. The first-order chi connectivity index (χ1) is 9.70. The number of benzene rings is 1. The number of anilines is 1. The number of amides is 1. The molecule has 0 bridgehead atoms. The molecule has 104 valence electrons. The summed E-state index contributed by atoms with van der Waals surface area (Å²) in [5.74, 6) is -0.639. The maximum Gasteiger partial charge on any atom is 0.266 e. The second-order valence-corrected chi connectivity index (χ2v) is 4.68. The standard InChI is InChI=1S/C15H16FN3O/c16-13-5-4-6-14(9-13)18-11-12(10-17)15(20)19-7-2-1-3-8-19/h4-6,9,11,18H,1-3,7-8H2/b12-11-. The van der Waals surface area contributed by atoms with Gasteiger partial charge < -0.3 is 10.2 Å². The Morgan fingerprint density at radius 2 is 2.10 bits per heavy atom. The third-order valence-electron chi connectivity index (χ3n) is 3.20. The Morgan fingerprint density at radius 1 is 1.35 bits per heavy atom. The number of carbonyl (C=O) groups is 1. The van der Waals surface area contributed by atoms with Crippen molar-refractivity contribution >= 4 is 11.6 Å². The summed E-state index contributed by atoms with van der Waals surface area (Å²) in [5, 5.41) is 11.9. The first-order valence-corrected chi connectivity index (χ1v) is 6.62. The SMILES string of the molecule is N#C/C(=C/Nc1cccc(F)c1)C(=O)N1CCCCC1. The van der Waals surface area contributed by atoms with Gasteiger partial charge in [0.05, 0.1) is 0 Å². The van der Waals surface area contributed by atoms with Gasteiger partial charge in [-0.1, -0.05) is 6.07 Å². The lowest BCUT2D eigenvalue weighted by Gasteiger charge is -2.26. The normalized spacial score (nSPS) is 15.6. The fourth-order valence-corrected chi connectivity index (χ4v) is 2.14. The second-order valence-electron chi connectivity index (χ2n) is 4.68. The zero-order valence-corrected chi connectivity index (χ0v) is 11.1. The molecule has 0 aliphatic carbocycles. The minimum absolute atomic E-state index is 0.0381. The number of carbonyl (C=O) groups excluding carboxylic acids is 1. The van der Waals surface area contributed by atoms with Gasteiger partial charge in [-0.05, 0) is 37.5 Å². The first-order valence-electron chi connectivity index (χ1n) is 6.62. The summed E-state index contributed by atoms with van der Waals surface area (Å²) >= 11 is 0. The van der Waals surface area contributed by atoms with E-state index in [1.54, 1.807) is 17.0 Å². The topological polar surface area (TPSA) is 56.1 Å². The van der Waals surface area contributed by atoms with Crippen LogP contribution in [0.5, 0.6) is 0 Å². The highest BCUT2D eigenvalue weighted by atomic mass is 19.1. The van der Waals surface area contributed by atoms with Crippen molar-refractivity contribution in [1.82, 2.24) is 4.90 Å². The van der Waals surface area contributed by atoms with Crippen molar-refractivity contribution in [2.75, 3.05) is 18.4 Å². The molecule has 20 heavy (non-hydrogen) atoms. The van der Waals surface area contributed by atoms with E-state index in [0.29, 0.717) is 18.8 Å². The smallest absolute Gasteiger partial charge is 0.266 e. The van der Waals surface area contributed by atoms with Crippen LogP contribution >= 0.6 is 0 Å². The van der Waals surface area contributed by atoms with Gasteiger partial charge >= 0.3 is 0 Å². The van der Waals surface area contributed by atoms with Gasteiger partial charge in [0.15, 0.2) is 0 Å². The quantitative estimate of drug-likeness (QED) is 0.680. The van der Waals surface area contributed by atoms with Gasteiger partial charge in [0, 0.05) is 25.0 Å². The molecule has 4 nitrogen and oxygen atoms in total. The van der Waals surface area contributed by atoms with Gasteiger partial charge in [-0.3, -0.25) is 4.79 Å². The molecule has 0 radical (unpaired) electrons. The van der Waals surface area contributed by atoms with Gasteiger partial charge in [-0.15, -0.1) is 0 Å². The van der Waals surface area contributed by atoms with Crippen LogP contribution in [-0.4, -0.2) is 23.9 Å².